The van der Waals surface area contributed by atoms with Crippen LogP contribution in [0.25, 0.3) is 0 Å². The molecule has 0 atom stereocenters. The van der Waals surface area contributed by atoms with E-state index in [9.17, 15) is 4.79 Å². The van der Waals surface area contributed by atoms with Crippen molar-refractivity contribution in [3.8, 4) is 0 Å². The maximum atomic E-state index is 11.8. The lowest BCUT2D eigenvalue weighted by Gasteiger charge is -2.21. The molecule has 0 radical (unpaired) electrons. The molecule has 16 heavy (non-hydrogen) atoms. The Balaban J connectivity index is 1.71. The average Bonchev–Trinajstić information content (AvgIpc) is 2.98. The molecular formula is C12H23N3O. The van der Waals surface area contributed by atoms with Crippen molar-refractivity contribution < 1.29 is 4.79 Å². The molecule has 1 amide bonds. The first kappa shape index (κ1) is 11.9. The van der Waals surface area contributed by atoms with Crippen molar-refractivity contribution in [2.75, 3.05) is 19.6 Å². The van der Waals surface area contributed by atoms with Gasteiger partial charge < -0.3 is 11.1 Å². The predicted octanol–water partition coefficient (Wildman–Crippen LogP) is 0.468. The van der Waals surface area contributed by atoms with E-state index in [1.807, 2.05) is 0 Å². The Morgan fingerprint density at radius 2 is 1.94 bits per heavy atom. The summed E-state index contributed by atoms with van der Waals surface area (Å²) in [6.07, 6.45) is 7.31. The van der Waals surface area contributed by atoms with Crippen LogP contribution in [0, 0.1) is 0 Å². The highest BCUT2D eigenvalue weighted by Gasteiger charge is 2.30. The first-order valence-corrected chi connectivity index (χ1v) is 6.53. The van der Waals surface area contributed by atoms with E-state index in [0.717, 1.165) is 19.4 Å². The summed E-state index contributed by atoms with van der Waals surface area (Å²) in [5.41, 5.74) is 5.56. The quantitative estimate of drug-likeness (QED) is 0.691. The molecule has 2 fully saturated rings. The Labute approximate surface area is 97.6 Å². The third kappa shape index (κ3) is 3.46. The van der Waals surface area contributed by atoms with Gasteiger partial charge in [0, 0.05) is 25.2 Å². The van der Waals surface area contributed by atoms with E-state index < -0.39 is 0 Å². The van der Waals surface area contributed by atoms with Gasteiger partial charge in [-0.1, -0.05) is 12.8 Å². The van der Waals surface area contributed by atoms with Crippen molar-refractivity contribution in [2.45, 2.75) is 50.6 Å². The number of nitrogens with one attached hydrogen (secondary N) is 1. The molecule has 3 N–H and O–H groups in total. The Bertz CT molecular complexity index is 234. The van der Waals surface area contributed by atoms with Crippen LogP contribution in [0.5, 0.6) is 0 Å². The zero-order chi connectivity index (χ0) is 11.4. The van der Waals surface area contributed by atoms with Crippen molar-refractivity contribution in [1.82, 2.24) is 10.2 Å². The standard InChI is InChI=1S/C12H23N3O/c13-7-8-15(11-5-6-11)9-12(16)14-10-3-1-2-4-10/h10-11H,1-9,13H2,(H,14,16). The Morgan fingerprint density at radius 1 is 1.25 bits per heavy atom. The molecule has 4 heteroatoms. The highest BCUT2D eigenvalue weighted by molar-refractivity contribution is 5.78. The van der Waals surface area contributed by atoms with Crippen LogP contribution < -0.4 is 11.1 Å². The van der Waals surface area contributed by atoms with Crippen LogP contribution in [-0.2, 0) is 4.79 Å². The van der Waals surface area contributed by atoms with Crippen LogP contribution >= 0.6 is 0 Å². The smallest absolute Gasteiger partial charge is 0.234 e. The highest BCUT2D eigenvalue weighted by atomic mass is 16.2. The maximum Gasteiger partial charge on any atom is 0.234 e. The topological polar surface area (TPSA) is 58.4 Å². The molecule has 0 bridgehead atoms. The number of carbonyl (C=O) groups excluding carboxylic acids is 1. The first-order valence-electron chi connectivity index (χ1n) is 6.53. The van der Waals surface area contributed by atoms with E-state index in [1.54, 1.807) is 0 Å². The summed E-state index contributed by atoms with van der Waals surface area (Å²) in [4.78, 5) is 14.0. The molecule has 0 aromatic rings. The first-order chi connectivity index (χ1) is 7.79. The Kier molecular flexibility index (Phi) is 4.18. The van der Waals surface area contributed by atoms with Crippen LogP contribution in [0.3, 0.4) is 0 Å². The summed E-state index contributed by atoms with van der Waals surface area (Å²) in [5, 5.41) is 3.13. The van der Waals surface area contributed by atoms with Gasteiger partial charge in [0.1, 0.15) is 0 Å². The molecule has 2 aliphatic carbocycles. The number of hydrogen-bond donors (Lipinski definition) is 2. The Morgan fingerprint density at radius 3 is 2.50 bits per heavy atom. The van der Waals surface area contributed by atoms with Crippen molar-refractivity contribution in [1.29, 1.82) is 0 Å². The average molecular weight is 225 g/mol. The van der Waals surface area contributed by atoms with E-state index in [2.05, 4.69) is 10.2 Å². The molecule has 2 aliphatic rings. The third-order valence-corrected chi connectivity index (χ3v) is 3.55. The summed E-state index contributed by atoms with van der Waals surface area (Å²) in [6, 6.07) is 1.06. The van der Waals surface area contributed by atoms with Crippen molar-refractivity contribution >= 4 is 5.91 Å². The minimum absolute atomic E-state index is 0.187. The van der Waals surface area contributed by atoms with Gasteiger partial charge in [0.25, 0.3) is 0 Å². The summed E-state index contributed by atoms with van der Waals surface area (Å²) >= 11 is 0. The van der Waals surface area contributed by atoms with E-state index in [4.69, 9.17) is 5.73 Å². The predicted molar refractivity (Wildman–Crippen MR) is 64.0 cm³/mol. The maximum absolute atomic E-state index is 11.8. The normalized spacial score (nSPS) is 21.6. The van der Waals surface area contributed by atoms with Crippen molar-refractivity contribution in [3.63, 3.8) is 0 Å². The number of nitrogens with zero attached hydrogens (tertiary/aromatic N) is 1. The summed E-state index contributed by atoms with van der Waals surface area (Å²) in [6.45, 7) is 2.04. The monoisotopic (exact) mass is 225 g/mol. The fourth-order valence-corrected chi connectivity index (χ4v) is 2.52. The number of amides is 1. The van der Waals surface area contributed by atoms with Gasteiger partial charge in [-0.2, -0.15) is 0 Å². The van der Waals surface area contributed by atoms with Crippen LogP contribution in [0.2, 0.25) is 0 Å². The number of nitrogens with two attached hydrogens (primary N) is 1. The molecule has 0 unspecified atom stereocenters. The lowest BCUT2D eigenvalue weighted by Crippen LogP contribution is -2.43. The molecule has 0 heterocycles. The Hall–Kier alpha value is -0.610. The van der Waals surface area contributed by atoms with Gasteiger partial charge in [0.2, 0.25) is 5.91 Å². The second-order valence-electron chi connectivity index (χ2n) is 5.04. The molecule has 92 valence electrons. The number of carbonyl (C=O) groups is 1. The molecular weight excluding hydrogens is 202 g/mol. The van der Waals surface area contributed by atoms with Gasteiger partial charge in [0.15, 0.2) is 0 Å². The molecule has 0 saturated heterocycles. The summed E-state index contributed by atoms with van der Waals surface area (Å²) in [7, 11) is 0. The van der Waals surface area contributed by atoms with Crippen LogP contribution in [0.15, 0.2) is 0 Å². The molecule has 2 saturated carbocycles. The van der Waals surface area contributed by atoms with Gasteiger partial charge in [-0.05, 0) is 25.7 Å². The lowest BCUT2D eigenvalue weighted by atomic mass is 10.2. The van der Waals surface area contributed by atoms with Gasteiger partial charge in [0.05, 0.1) is 6.54 Å². The lowest BCUT2D eigenvalue weighted by molar-refractivity contribution is -0.123. The summed E-state index contributed by atoms with van der Waals surface area (Å²) in [5.74, 6) is 0.187. The number of hydrogen-bond acceptors (Lipinski definition) is 3. The molecule has 0 aromatic carbocycles. The van der Waals surface area contributed by atoms with Crippen molar-refractivity contribution in [3.05, 3.63) is 0 Å². The van der Waals surface area contributed by atoms with Gasteiger partial charge >= 0.3 is 0 Å². The van der Waals surface area contributed by atoms with E-state index in [0.29, 0.717) is 25.2 Å². The van der Waals surface area contributed by atoms with Crippen LogP contribution in [-0.4, -0.2) is 42.5 Å². The molecule has 2 rings (SSSR count). The minimum atomic E-state index is 0.187. The summed E-state index contributed by atoms with van der Waals surface area (Å²) < 4.78 is 0. The van der Waals surface area contributed by atoms with Gasteiger partial charge in [-0.25, -0.2) is 0 Å². The largest absolute Gasteiger partial charge is 0.352 e. The molecule has 0 aliphatic heterocycles. The molecule has 0 spiro atoms. The van der Waals surface area contributed by atoms with Crippen LogP contribution in [0.4, 0.5) is 0 Å². The number of rotatable bonds is 6. The van der Waals surface area contributed by atoms with Gasteiger partial charge in [-0.15, -0.1) is 0 Å². The second-order valence-corrected chi connectivity index (χ2v) is 5.04. The second kappa shape index (κ2) is 5.64. The highest BCUT2D eigenvalue weighted by Crippen LogP contribution is 2.26. The third-order valence-electron chi connectivity index (χ3n) is 3.55. The molecule has 0 aromatic heterocycles. The zero-order valence-corrected chi connectivity index (χ0v) is 9.95. The van der Waals surface area contributed by atoms with E-state index in [-0.39, 0.29) is 5.91 Å². The SMILES string of the molecule is NCCN(CC(=O)NC1CCCC1)C1CC1. The van der Waals surface area contributed by atoms with Crippen molar-refractivity contribution in [2.24, 2.45) is 5.73 Å². The fourth-order valence-electron chi connectivity index (χ4n) is 2.52. The van der Waals surface area contributed by atoms with Gasteiger partial charge in [-0.3, -0.25) is 9.69 Å². The molecule has 4 nitrogen and oxygen atoms in total. The fraction of sp³-hybridized carbons (Fsp3) is 0.917. The van der Waals surface area contributed by atoms with Crippen LogP contribution in [0.1, 0.15) is 38.5 Å². The van der Waals surface area contributed by atoms with E-state index in [1.165, 1.54) is 25.7 Å². The zero-order valence-electron chi connectivity index (χ0n) is 9.95. The minimum Gasteiger partial charge on any atom is -0.352 e. The van der Waals surface area contributed by atoms with E-state index >= 15 is 0 Å².